The Morgan fingerprint density at radius 2 is 0.800 bits per heavy atom. The van der Waals surface area contributed by atoms with Gasteiger partial charge in [-0.05, 0) is 13.8 Å². The molecular weight excluding hydrogens is 444 g/mol. The summed E-state index contributed by atoms with van der Waals surface area (Å²) in [5.41, 5.74) is -4.81. The van der Waals surface area contributed by atoms with E-state index in [0.717, 1.165) is 10.6 Å². The maximum Gasteiger partial charge on any atom is 0.392 e. The summed E-state index contributed by atoms with van der Waals surface area (Å²) in [4.78, 5) is 22.8. The van der Waals surface area contributed by atoms with E-state index in [-0.39, 0.29) is 0 Å². The van der Waals surface area contributed by atoms with Crippen LogP contribution in [0.4, 0.5) is 35.1 Å². The summed E-state index contributed by atoms with van der Waals surface area (Å²) in [7, 11) is 0. The largest absolute Gasteiger partial charge is 0.394 e. The molecule has 0 aliphatic carbocycles. The normalized spacial score (nSPS) is 14.5. The van der Waals surface area contributed by atoms with Gasteiger partial charge in [0.15, 0.2) is 0 Å². The van der Waals surface area contributed by atoms with Crippen molar-refractivity contribution in [3.05, 3.63) is 0 Å². The maximum absolute atomic E-state index is 13.8. The van der Waals surface area contributed by atoms with E-state index in [2.05, 4.69) is 0 Å². The van der Waals surface area contributed by atoms with Gasteiger partial charge in [0.05, 0.1) is 37.5 Å². The average Bonchev–Trinajstić information content (AvgIpc) is 2.66. The summed E-state index contributed by atoms with van der Waals surface area (Å²) < 4.78 is 111. The van der Waals surface area contributed by atoms with E-state index in [0.29, 0.717) is 13.8 Å². The number of hydrogen-bond acceptors (Lipinski definition) is 6. The third-order valence-electron chi connectivity index (χ3n) is 3.98. The Hall–Kier alpha value is -1.78. The topological polar surface area (TPSA) is 139 Å². The first kappa shape index (κ1) is 28.2. The van der Waals surface area contributed by atoms with Crippen molar-refractivity contribution in [2.24, 2.45) is 0 Å². The predicted molar refractivity (Wildman–Crippen MR) is 81.2 cm³/mol. The molecule has 0 spiro atoms. The van der Waals surface area contributed by atoms with Gasteiger partial charge in [-0.3, -0.25) is 9.59 Å². The van der Waals surface area contributed by atoms with Crippen molar-refractivity contribution in [3.8, 4) is 0 Å². The van der Waals surface area contributed by atoms with Crippen LogP contribution in [0.3, 0.4) is 0 Å². The lowest BCUT2D eigenvalue weighted by atomic mass is 9.95. The van der Waals surface area contributed by atoms with Gasteiger partial charge in [-0.1, -0.05) is 0 Å². The molecule has 0 aliphatic heterocycles. The van der Waals surface area contributed by atoms with Crippen molar-refractivity contribution >= 4 is 11.8 Å². The molecule has 178 valence electrons. The lowest BCUT2D eigenvalue weighted by molar-refractivity contribution is -0.348. The van der Waals surface area contributed by atoms with Crippen LogP contribution in [0, 0.1) is 0 Å². The molecule has 0 aliphatic rings. The zero-order valence-electron chi connectivity index (χ0n) is 15.5. The van der Waals surface area contributed by atoms with E-state index in [9.17, 15) is 44.7 Å². The van der Waals surface area contributed by atoms with Crippen molar-refractivity contribution in [1.29, 1.82) is 0 Å². The zero-order valence-corrected chi connectivity index (χ0v) is 15.5. The molecule has 0 radical (unpaired) electrons. The maximum atomic E-state index is 13.8. The highest BCUT2D eigenvalue weighted by molar-refractivity contribution is 5.88. The minimum absolute atomic E-state index is 0.643. The highest BCUT2D eigenvalue weighted by Gasteiger charge is 2.84. The van der Waals surface area contributed by atoms with E-state index in [1.165, 1.54) is 0 Å². The quantitative estimate of drug-likeness (QED) is 0.223. The predicted octanol–water partition coefficient (Wildman–Crippen LogP) is -0.753. The molecular formula is C14H20F8N2O6. The molecule has 0 saturated heterocycles. The van der Waals surface area contributed by atoms with Gasteiger partial charge in [-0.15, -0.1) is 0 Å². The minimum atomic E-state index is -7.16. The molecule has 0 rings (SSSR count). The van der Waals surface area contributed by atoms with Gasteiger partial charge in [0.25, 0.3) is 11.8 Å². The fourth-order valence-electron chi connectivity index (χ4n) is 1.64. The fraction of sp³-hybridized carbons (Fsp3) is 0.857. The molecule has 6 N–H and O–H groups in total. The molecule has 2 amide bonds. The Kier molecular flexibility index (Phi) is 8.24. The number of carbonyl (C=O) groups is 2. The second-order valence-electron chi connectivity index (χ2n) is 6.96. The molecule has 0 fully saturated rings. The van der Waals surface area contributed by atoms with Crippen LogP contribution in [0.25, 0.3) is 0 Å². The van der Waals surface area contributed by atoms with Gasteiger partial charge in [-0.2, -0.15) is 35.1 Å². The summed E-state index contributed by atoms with van der Waals surface area (Å²) in [6.07, 6.45) is 0. The molecule has 8 nitrogen and oxygen atoms in total. The summed E-state index contributed by atoms with van der Waals surface area (Å²) in [5, 5.41) is 37.3. The van der Waals surface area contributed by atoms with Gasteiger partial charge in [0, 0.05) is 0 Å². The van der Waals surface area contributed by atoms with Gasteiger partial charge in [0.2, 0.25) is 0 Å². The van der Waals surface area contributed by atoms with E-state index >= 15 is 0 Å². The van der Waals surface area contributed by atoms with Crippen LogP contribution in [0.2, 0.25) is 0 Å². The standard InChI is InChI=1S/C14H20F8N2O6/c1-9(3-25,4-26)23-7(29)11(15,16)13(19,20)14(21,22)12(17,18)8(30)24-10(2,5-27)6-28/h25-28H,3-6H2,1-2H3,(H,23,29)(H,24,30). The zero-order chi connectivity index (χ0) is 24.4. The Labute approximate surface area is 163 Å². The molecule has 0 aromatic rings. The summed E-state index contributed by atoms with van der Waals surface area (Å²) in [6.45, 7) is -4.02. The molecule has 0 saturated carbocycles. The lowest BCUT2D eigenvalue weighted by Gasteiger charge is -2.38. The van der Waals surface area contributed by atoms with Crippen molar-refractivity contribution in [2.75, 3.05) is 26.4 Å². The molecule has 0 atom stereocenters. The third-order valence-corrected chi connectivity index (χ3v) is 3.98. The van der Waals surface area contributed by atoms with Gasteiger partial charge in [0.1, 0.15) is 0 Å². The van der Waals surface area contributed by atoms with E-state index in [1.807, 2.05) is 0 Å². The van der Waals surface area contributed by atoms with Crippen molar-refractivity contribution in [2.45, 2.75) is 48.6 Å². The number of nitrogens with one attached hydrogen (secondary N) is 2. The number of carbonyl (C=O) groups excluding carboxylic acids is 2. The number of halogens is 8. The molecule has 0 heterocycles. The minimum Gasteiger partial charge on any atom is -0.394 e. The van der Waals surface area contributed by atoms with Crippen LogP contribution in [-0.2, 0) is 9.59 Å². The smallest absolute Gasteiger partial charge is 0.392 e. The Balaban J connectivity index is 6.08. The summed E-state index contributed by atoms with van der Waals surface area (Å²) in [5.74, 6) is -33.9. The third kappa shape index (κ3) is 4.76. The second kappa shape index (κ2) is 8.76. The molecule has 30 heavy (non-hydrogen) atoms. The number of amides is 2. The first-order valence-corrected chi connectivity index (χ1v) is 7.85. The highest BCUT2D eigenvalue weighted by Crippen LogP contribution is 2.52. The van der Waals surface area contributed by atoms with E-state index in [1.54, 1.807) is 0 Å². The molecule has 0 aromatic carbocycles. The van der Waals surface area contributed by atoms with Crippen LogP contribution in [0.1, 0.15) is 13.8 Å². The second-order valence-corrected chi connectivity index (χ2v) is 6.96. The number of aliphatic hydroxyl groups is 4. The van der Waals surface area contributed by atoms with E-state index < -0.39 is 73.0 Å². The molecule has 0 unspecified atom stereocenters. The van der Waals surface area contributed by atoms with Crippen molar-refractivity contribution in [3.63, 3.8) is 0 Å². The Bertz CT molecular complexity index is 584. The van der Waals surface area contributed by atoms with Gasteiger partial charge < -0.3 is 31.1 Å². The van der Waals surface area contributed by atoms with Crippen LogP contribution in [-0.4, -0.2) is 93.4 Å². The Morgan fingerprint density at radius 1 is 0.600 bits per heavy atom. The monoisotopic (exact) mass is 464 g/mol. The van der Waals surface area contributed by atoms with Crippen LogP contribution >= 0.6 is 0 Å². The number of alkyl halides is 8. The van der Waals surface area contributed by atoms with Crippen LogP contribution in [0.15, 0.2) is 0 Å². The number of rotatable bonds is 11. The molecule has 0 bridgehead atoms. The first-order chi connectivity index (χ1) is 13.2. The number of aliphatic hydroxyl groups excluding tert-OH is 4. The van der Waals surface area contributed by atoms with Gasteiger partial charge >= 0.3 is 23.7 Å². The summed E-state index contributed by atoms with van der Waals surface area (Å²) in [6, 6.07) is 0. The first-order valence-electron chi connectivity index (χ1n) is 7.85. The van der Waals surface area contributed by atoms with E-state index in [4.69, 9.17) is 20.4 Å². The molecule has 16 heteroatoms. The highest BCUT2D eigenvalue weighted by atomic mass is 19.4. The van der Waals surface area contributed by atoms with Crippen molar-refractivity contribution < 1.29 is 65.1 Å². The summed E-state index contributed by atoms with van der Waals surface area (Å²) >= 11 is 0. The van der Waals surface area contributed by atoms with Crippen molar-refractivity contribution in [1.82, 2.24) is 10.6 Å². The number of hydrogen-bond donors (Lipinski definition) is 6. The Morgan fingerprint density at radius 3 is 0.967 bits per heavy atom. The van der Waals surface area contributed by atoms with Crippen LogP contribution in [0.5, 0.6) is 0 Å². The molecule has 0 aromatic heterocycles. The SMILES string of the molecule is CC(CO)(CO)NC(=O)C(F)(F)C(F)(F)C(F)(F)C(F)(F)C(=O)NC(C)(CO)CO. The van der Waals surface area contributed by atoms with Gasteiger partial charge in [-0.25, -0.2) is 0 Å². The fourth-order valence-corrected chi connectivity index (χ4v) is 1.64. The average molecular weight is 464 g/mol. The lowest BCUT2D eigenvalue weighted by Crippen LogP contribution is -2.71. The van der Waals surface area contributed by atoms with Crippen LogP contribution < -0.4 is 10.6 Å².